The second-order valence-electron chi connectivity index (χ2n) is 10.2. The third kappa shape index (κ3) is 7.78. The molecule has 232 valence electrons. The quantitative estimate of drug-likeness (QED) is 0.275. The Balaban J connectivity index is 1.59. The minimum Gasteiger partial charge on any atom is -0.493 e. The van der Waals surface area contributed by atoms with Crippen LogP contribution in [0.4, 0.5) is 0 Å². The minimum atomic E-state index is -1.47. The van der Waals surface area contributed by atoms with Gasteiger partial charge in [-0.3, -0.25) is 14.4 Å². The van der Waals surface area contributed by atoms with Crippen molar-refractivity contribution in [3.05, 3.63) is 76.2 Å². The first kappa shape index (κ1) is 32.1. The molecule has 2 aromatic heterocycles. The van der Waals surface area contributed by atoms with E-state index in [9.17, 15) is 24.0 Å². The van der Waals surface area contributed by atoms with Crippen molar-refractivity contribution in [1.82, 2.24) is 10.3 Å². The van der Waals surface area contributed by atoms with Gasteiger partial charge in [-0.05, 0) is 30.4 Å². The van der Waals surface area contributed by atoms with Crippen molar-refractivity contribution in [1.29, 1.82) is 0 Å². The molecule has 12 nitrogen and oxygen atoms in total. The van der Waals surface area contributed by atoms with Crippen LogP contribution in [0, 0.1) is 11.8 Å². The Kier molecular flexibility index (Phi) is 10.7. The predicted molar refractivity (Wildman–Crippen MR) is 156 cm³/mol. The average Bonchev–Trinajstić information content (AvgIpc) is 3.56. The monoisotopic (exact) mass is 624 g/mol. The van der Waals surface area contributed by atoms with Crippen LogP contribution < -0.4 is 14.8 Å². The largest absolute Gasteiger partial charge is 0.493 e. The number of pyridine rings is 1. The van der Waals surface area contributed by atoms with Crippen LogP contribution in [0.1, 0.15) is 46.5 Å². The molecule has 13 heteroatoms. The normalized spacial score (nSPS) is 20.3. The van der Waals surface area contributed by atoms with E-state index < -0.39 is 66.5 Å². The summed E-state index contributed by atoms with van der Waals surface area (Å²) in [7, 11) is 1.32. The molecular weight excluding hydrogens is 592 g/mol. The number of amides is 1. The number of cyclic esters (lactones) is 2. The number of ether oxygens (including phenoxy) is 5. The molecule has 1 aliphatic heterocycles. The fourth-order valence-corrected chi connectivity index (χ4v) is 4.97. The van der Waals surface area contributed by atoms with Crippen molar-refractivity contribution in [2.24, 2.45) is 11.8 Å². The maximum Gasteiger partial charge on any atom is 0.353 e. The number of esters is 4. The lowest BCUT2D eigenvalue weighted by Gasteiger charge is -2.29. The highest BCUT2D eigenvalue weighted by Gasteiger charge is 2.42. The summed E-state index contributed by atoms with van der Waals surface area (Å²) in [4.78, 5) is 69.7. The van der Waals surface area contributed by atoms with Gasteiger partial charge in [0, 0.05) is 12.3 Å². The fourth-order valence-electron chi connectivity index (χ4n) is 4.37. The van der Waals surface area contributed by atoms with Gasteiger partial charge in [0.15, 0.2) is 23.6 Å². The van der Waals surface area contributed by atoms with Gasteiger partial charge in [-0.1, -0.05) is 50.2 Å². The maximum absolute atomic E-state index is 13.4. The average molecular weight is 625 g/mol. The van der Waals surface area contributed by atoms with Crippen molar-refractivity contribution in [2.45, 2.75) is 45.4 Å². The Morgan fingerprint density at radius 3 is 2.48 bits per heavy atom. The molecule has 3 heterocycles. The van der Waals surface area contributed by atoms with Crippen LogP contribution in [-0.4, -0.2) is 66.7 Å². The molecule has 0 bridgehead atoms. The molecule has 44 heavy (non-hydrogen) atoms. The summed E-state index contributed by atoms with van der Waals surface area (Å²) < 4.78 is 27.5. The number of benzene rings is 1. The molecular formula is C31H32N2O10S. The van der Waals surface area contributed by atoms with Crippen molar-refractivity contribution in [2.75, 3.05) is 13.7 Å². The lowest BCUT2D eigenvalue weighted by molar-refractivity contribution is -0.176. The fraction of sp³-hybridized carbons (Fsp3) is 0.355. The van der Waals surface area contributed by atoms with Crippen LogP contribution in [-0.2, 0) is 35.0 Å². The molecule has 3 aromatic rings. The third-order valence-corrected chi connectivity index (χ3v) is 7.54. The van der Waals surface area contributed by atoms with Gasteiger partial charge in [0.1, 0.15) is 23.5 Å². The predicted octanol–water partition coefficient (Wildman–Crippen LogP) is 3.38. The van der Waals surface area contributed by atoms with Crippen LogP contribution >= 0.6 is 11.3 Å². The zero-order chi connectivity index (χ0) is 31.8. The number of hydrogen-bond donors (Lipinski definition) is 1. The van der Waals surface area contributed by atoms with Crippen molar-refractivity contribution < 1.29 is 47.7 Å². The van der Waals surface area contributed by atoms with Gasteiger partial charge in [-0.25, -0.2) is 14.6 Å². The zero-order valence-corrected chi connectivity index (χ0v) is 25.3. The van der Waals surface area contributed by atoms with Crippen molar-refractivity contribution in [3.63, 3.8) is 0 Å². The lowest BCUT2D eigenvalue weighted by Crippen LogP contribution is -2.47. The molecule has 0 aliphatic carbocycles. The van der Waals surface area contributed by atoms with E-state index in [1.165, 1.54) is 26.3 Å². The van der Waals surface area contributed by atoms with E-state index in [2.05, 4.69) is 10.3 Å². The highest BCUT2D eigenvalue weighted by atomic mass is 32.1. The number of hydrogen-bond acceptors (Lipinski definition) is 12. The standard InChI is InChI=1S/C31H32N2O10S/c1-17(2)28(35)42-25-18(3)41-30(37)21(16-40-29(36)20(25)15-19-9-6-5-7-10-19)33-27(34)24-26(22(39-4)12-13-32-24)43-31(38)23-11-8-14-44-23/h5-14,17-18,20-21,25H,15-16H2,1-4H3,(H,33,34)/t18-,20+,21?,25?/m0/s1. The van der Waals surface area contributed by atoms with E-state index in [1.807, 2.05) is 18.2 Å². The molecule has 1 amide bonds. The maximum atomic E-state index is 13.4. The van der Waals surface area contributed by atoms with E-state index in [4.69, 9.17) is 23.7 Å². The Hall–Kier alpha value is -4.78. The van der Waals surface area contributed by atoms with Gasteiger partial charge < -0.3 is 29.0 Å². The Morgan fingerprint density at radius 1 is 1.07 bits per heavy atom. The minimum absolute atomic E-state index is 0.0470. The summed E-state index contributed by atoms with van der Waals surface area (Å²) in [6.45, 7) is 4.20. The molecule has 0 radical (unpaired) electrons. The van der Waals surface area contributed by atoms with Gasteiger partial charge in [0.2, 0.25) is 5.75 Å². The SMILES string of the molecule is COc1ccnc(C(=O)NC2COC(=O)[C@H](Cc3ccccc3)C(OC(=O)C(C)C)[C@H](C)OC2=O)c1OC(=O)c1cccs1. The first-order valence-electron chi connectivity index (χ1n) is 13.8. The summed E-state index contributed by atoms with van der Waals surface area (Å²) >= 11 is 1.14. The summed E-state index contributed by atoms with van der Waals surface area (Å²) in [6, 6.07) is 12.2. The van der Waals surface area contributed by atoms with Crippen LogP contribution in [0.25, 0.3) is 0 Å². The molecule has 1 fully saturated rings. The molecule has 1 aromatic carbocycles. The molecule has 1 aliphatic rings. The van der Waals surface area contributed by atoms with Crippen LogP contribution in [0.15, 0.2) is 60.1 Å². The van der Waals surface area contributed by atoms with Crippen LogP contribution in [0.5, 0.6) is 11.5 Å². The second-order valence-corrected chi connectivity index (χ2v) is 11.2. The van der Waals surface area contributed by atoms with Crippen molar-refractivity contribution >= 4 is 41.1 Å². The third-order valence-electron chi connectivity index (χ3n) is 6.69. The van der Waals surface area contributed by atoms with E-state index >= 15 is 0 Å². The molecule has 0 saturated carbocycles. The topological polar surface area (TPSA) is 156 Å². The van der Waals surface area contributed by atoms with E-state index in [0.29, 0.717) is 0 Å². The summed E-state index contributed by atoms with van der Waals surface area (Å²) in [6.07, 6.45) is -0.844. The summed E-state index contributed by atoms with van der Waals surface area (Å²) in [5.74, 6) is -5.67. The van der Waals surface area contributed by atoms with Crippen LogP contribution in [0.2, 0.25) is 0 Å². The smallest absolute Gasteiger partial charge is 0.353 e. The number of rotatable bonds is 9. The molecule has 4 atom stereocenters. The van der Waals surface area contributed by atoms with E-state index in [0.717, 1.165) is 16.9 Å². The number of nitrogens with one attached hydrogen (secondary N) is 1. The number of thiophene rings is 1. The number of carbonyl (C=O) groups excluding carboxylic acids is 5. The van der Waals surface area contributed by atoms with Gasteiger partial charge in [0.25, 0.3) is 5.91 Å². The Morgan fingerprint density at radius 2 is 1.82 bits per heavy atom. The van der Waals surface area contributed by atoms with Gasteiger partial charge in [-0.15, -0.1) is 11.3 Å². The highest BCUT2D eigenvalue weighted by molar-refractivity contribution is 7.12. The molecule has 2 unspecified atom stereocenters. The number of methoxy groups -OCH3 is 1. The number of aromatic nitrogens is 1. The Labute approximate surface area is 257 Å². The van der Waals surface area contributed by atoms with Gasteiger partial charge in [0.05, 0.1) is 13.0 Å². The lowest BCUT2D eigenvalue weighted by atomic mass is 9.91. The van der Waals surface area contributed by atoms with Gasteiger partial charge in [-0.2, -0.15) is 0 Å². The molecule has 1 N–H and O–H groups in total. The summed E-state index contributed by atoms with van der Waals surface area (Å²) in [5.41, 5.74) is 0.420. The molecule has 0 spiro atoms. The summed E-state index contributed by atoms with van der Waals surface area (Å²) in [5, 5.41) is 4.14. The second kappa shape index (κ2) is 14.6. The van der Waals surface area contributed by atoms with E-state index in [-0.39, 0.29) is 28.5 Å². The number of carbonyl (C=O) groups is 5. The van der Waals surface area contributed by atoms with Gasteiger partial charge >= 0.3 is 23.9 Å². The number of nitrogens with zero attached hydrogens (tertiary/aromatic N) is 1. The van der Waals surface area contributed by atoms with Crippen molar-refractivity contribution in [3.8, 4) is 11.5 Å². The Bertz CT molecular complexity index is 1490. The molecule has 4 rings (SSSR count). The molecule has 1 saturated heterocycles. The van der Waals surface area contributed by atoms with E-state index in [1.54, 1.807) is 43.5 Å². The first-order valence-corrected chi connectivity index (χ1v) is 14.7. The van der Waals surface area contributed by atoms with Crippen LogP contribution in [0.3, 0.4) is 0 Å². The zero-order valence-electron chi connectivity index (χ0n) is 24.5. The first-order chi connectivity index (χ1) is 21.1. The highest BCUT2D eigenvalue weighted by Crippen LogP contribution is 2.31.